The topological polar surface area (TPSA) is 65.1 Å². The van der Waals surface area contributed by atoms with Crippen LogP contribution in [0.1, 0.15) is 38.2 Å². The molecular formula is C20H25NO5. The first-order valence-electron chi connectivity index (χ1n) is 9.21. The minimum Gasteiger partial charge on any atom is -0.486 e. The minimum atomic E-state index is -0.529. The van der Waals surface area contributed by atoms with Gasteiger partial charge in [-0.2, -0.15) is 0 Å². The molecule has 0 radical (unpaired) electrons. The highest BCUT2D eigenvalue weighted by molar-refractivity contribution is 5.89. The zero-order chi connectivity index (χ0) is 18.4. The van der Waals surface area contributed by atoms with Crippen LogP contribution in [-0.4, -0.2) is 49.2 Å². The van der Waals surface area contributed by atoms with Crippen LogP contribution in [0.4, 0.5) is 0 Å². The molecule has 1 atom stereocenters. The summed E-state index contributed by atoms with van der Waals surface area (Å²) < 4.78 is 16.1. The van der Waals surface area contributed by atoms with Gasteiger partial charge in [0.05, 0.1) is 0 Å². The van der Waals surface area contributed by atoms with Gasteiger partial charge in [0.25, 0.3) is 5.91 Å². The van der Waals surface area contributed by atoms with Crippen LogP contribution >= 0.6 is 0 Å². The first-order valence-corrected chi connectivity index (χ1v) is 9.21. The summed E-state index contributed by atoms with van der Waals surface area (Å²) in [5.41, 5.74) is 0.805. The normalized spacial score (nSPS) is 19.4. The third-order valence-corrected chi connectivity index (χ3v) is 4.73. The van der Waals surface area contributed by atoms with Gasteiger partial charge in [0.1, 0.15) is 13.2 Å². The number of amides is 1. The van der Waals surface area contributed by atoms with Gasteiger partial charge in [-0.1, -0.05) is 13.0 Å². The van der Waals surface area contributed by atoms with E-state index in [0.717, 1.165) is 37.8 Å². The van der Waals surface area contributed by atoms with Gasteiger partial charge in [-0.3, -0.25) is 4.79 Å². The van der Waals surface area contributed by atoms with Gasteiger partial charge in [-0.15, -0.1) is 0 Å². The molecule has 1 aromatic rings. The standard InChI is InChI=1S/C20H25NO5/c1-2-16-5-3-4-10-21(16)19(22)14-26-20(23)9-7-15-6-8-17-18(13-15)25-12-11-24-17/h6-9,13,16H,2-5,10-12,14H2,1H3/b9-7+/t16-/m0/s1. The maximum absolute atomic E-state index is 12.3. The first-order chi connectivity index (χ1) is 12.7. The third-order valence-electron chi connectivity index (χ3n) is 4.73. The summed E-state index contributed by atoms with van der Waals surface area (Å²) in [6, 6.07) is 5.72. The fourth-order valence-corrected chi connectivity index (χ4v) is 3.35. The summed E-state index contributed by atoms with van der Waals surface area (Å²) in [4.78, 5) is 26.1. The van der Waals surface area contributed by atoms with Gasteiger partial charge in [0.15, 0.2) is 18.1 Å². The molecule has 2 heterocycles. The van der Waals surface area contributed by atoms with Crippen molar-refractivity contribution in [2.45, 2.75) is 38.6 Å². The fraction of sp³-hybridized carbons (Fsp3) is 0.500. The van der Waals surface area contributed by atoms with Gasteiger partial charge in [-0.05, 0) is 49.5 Å². The molecule has 6 nitrogen and oxygen atoms in total. The number of benzene rings is 1. The highest BCUT2D eigenvalue weighted by Crippen LogP contribution is 2.31. The Bertz CT molecular complexity index is 685. The van der Waals surface area contributed by atoms with E-state index in [1.165, 1.54) is 6.08 Å². The highest BCUT2D eigenvalue weighted by Gasteiger charge is 2.25. The molecule has 0 saturated carbocycles. The maximum atomic E-state index is 12.3. The second-order valence-electron chi connectivity index (χ2n) is 6.49. The smallest absolute Gasteiger partial charge is 0.331 e. The number of esters is 1. The molecule has 2 aliphatic rings. The number of piperidine rings is 1. The highest BCUT2D eigenvalue weighted by atomic mass is 16.6. The predicted octanol–water partition coefficient (Wildman–Crippen LogP) is 2.81. The van der Waals surface area contributed by atoms with Crippen LogP contribution in [0.2, 0.25) is 0 Å². The van der Waals surface area contributed by atoms with Crippen molar-refractivity contribution in [3.63, 3.8) is 0 Å². The van der Waals surface area contributed by atoms with Gasteiger partial charge in [0.2, 0.25) is 0 Å². The molecular weight excluding hydrogens is 334 g/mol. The Morgan fingerprint density at radius 1 is 1.23 bits per heavy atom. The summed E-state index contributed by atoms with van der Waals surface area (Å²) in [5, 5.41) is 0. The van der Waals surface area contributed by atoms with E-state index in [9.17, 15) is 9.59 Å². The average Bonchev–Trinajstić information content (AvgIpc) is 2.70. The molecule has 6 heteroatoms. The van der Waals surface area contributed by atoms with Crippen molar-refractivity contribution in [1.82, 2.24) is 4.90 Å². The molecule has 1 fully saturated rings. The van der Waals surface area contributed by atoms with Gasteiger partial charge in [-0.25, -0.2) is 4.79 Å². The summed E-state index contributed by atoms with van der Waals surface area (Å²) in [6.07, 6.45) is 7.09. The summed E-state index contributed by atoms with van der Waals surface area (Å²) in [7, 11) is 0. The van der Waals surface area contributed by atoms with E-state index in [1.807, 2.05) is 23.1 Å². The van der Waals surface area contributed by atoms with Crippen LogP contribution in [0.25, 0.3) is 6.08 Å². The molecule has 1 saturated heterocycles. The Hall–Kier alpha value is -2.50. The van der Waals surface area contributed by atoms with Gasteiger partial charge < -0.3 is 19.1 Å². The molecule has 0 spiro atoms. The zero-order valence-corrected chi connectivity index (χ0v) is 15.1. The largest absolute Gasteiger partial charge is 0.486 e. The van der Waals surface area contributed by atoms with Crippen molar-refractivity contribution < 1.29 is 23.8 Å². The van der Waals surface area contributed by atoms with E-state index in [0.29, 0.717) is 24.7 Å². The number of rotatable bonds is 5. The molecule has 0 unspecified atom stereocenters. The quantitative estimate of drug-likeness (QED) is 0.597. The van der Waals surface area contributed by atoms with E-state index in [2.05, 4.69) is 6.92 Å². The number of ether oxygens (including phenoxy) is 3. The lowest BCUT2D eigenvalue weighted by Gasteiger charge is -2.35. The van der Waals surface area contributed by atoms with E-state index in [-0.39, 0.29) is 18.6 Å². The fourth-order valence-electron chi connectivity index (χ4n) is 3.35. The van der Waals surface area contributed by atoms with Crippen LogP contribution in [-0.2, 0) is 14.3 Å². The van der Waals surface area contributed by atoms with E-state index in [1.54, 1.807) is 6.08 Å². The molecule has 140 valence electrons. The lowest BCUT2D eigenvalue weighted by molar-refractivity contribution is -0.150. The second kappa shape index (κ2) is 8.74. The van der Waals surface area contributed by atoms with Crippen molar-refractivity contribution in [3.05, 3.63) is 29.8 Å². The molecule has 2 aliphatic heterocycles. The minimum absolute atomic E-state index is 0.113. The Kier molecular flexibility index (Phi) is 6.15. The maximum Gasteiger partial charge on any atom is 0.331 e. The Balaban J connectivity index is 1.50. The number of fused-ring (bicyclic) bond motifs is 1. The number of nitrogens with zero attached hydrogens (tertiary/aromatic N) is 1. The van der Waals surface area contributed by atoms with E-state index in [4.69, 9.17) is 14.2 Å². The molecule has 0 bridgehead atoms. The molecule has 0 aromatic heterocycles. The van der Waals surface area contributed by atoms with Crippen LogP contribution in [0.5, 0.6) is 11.5 Å². The average molecular weight is 359 g/mol. The van der Waals surface area contributed by atoms with Crippen molar-refractivity contribution in [3.8, 4) is 11.5 Å². The Labute approximate surface area is 153 Å². The lowest BCUT2D eigenvalue weighted by Crippen LogP contribution is -2.45. The molecule has 1 aromatic carbocycles. The van der Waals surface area contributed by atoms with Crippen molar-refractivity contribution in [2.75, 3.05) is 26.4 Å². The van der Waals surface area contributed by atoms with Gasteiger partial charge in [0, 0.05) is 18.7 Å². The summed E-state index contributed by atoms with van der Waals surface area (Å²) in [5.74, 6) is 0.724. The van der Waals surface area contributed by atoms with Crippen molar-refractivity contribution >= 4 is 18.0 Å². The van der Waals surface area contributed by atoms with Crippen LogP contribution in [0.3, 0.4) is 0 Å². The van der Waals surface area contributed by atoms with Crippen molar-refractivity contribution in [2.24, 2.45) is 0 Å². The van der Waals surface area contributed by atoms with Crippen LogP contribution < -0.4 is 9.47 Å². The zero-order valence-electron chi connectivity index (χ0n) is 15.1. The Morgan fingerprint density at radius 2 is 2.04 bits per heavy atom. The number of hydrogen-bond donors (Lipinski definition) is 0. The van der Waals surface area contributed by atoms with Crippen LogP contribution in [0, 0.1) is 0 Å². The molecule has 26 heavy (non-hydrogen) atoms. The van der Waals surface area contributed by atoms with E-state index < -0.39 is 5.97 Å². The number of hydrogen-bond acceptors (Lipinski definition) is 5. The van der Waals surface area contributed by atoms with Crippen molar-refractivity contribution in [1.29, 1.82) is 0 Å². The number of carbonyl (C=O) groups excluding carboxylic acids is 2. The SMILES string of the molecule is CC[C@H]1CCCCN1C(=O)COC(=O)/C=C/c1ccc2c(c1)OCCO2. The molecule has 0 N–H and O–H groups in total. The lowest BCUT2D eigenvalue weighted by atomic mass is 10.00. The Morgan fingerprint density at radius 3 is 2.85 bits per heavy atom. The first kappa shape index (κ1) is 18.3. The summed E-state index contributed by atoms with van der Waals surface area (Å²) in [6.45, 7) is 3.68. The molecule has 1 amide bonds. The third kappa shape index (κ3) is 4.56. The molecule has 0 aliphatic carbocycles. The second-order valence-corrected chi connectivity index (χ2v) is 6.49. The number of carbonyl (C=O) groups is 2. The number of likely N-dealkylation sites (tertiary alicyclic amines) is 1. The monoisotopic (exact) mass is 359 g/mol. The predicted molar refractivity (Wildman–Crippen MR) is 97.1 cm³/mol. The van der Waals surface area contributed by atoms with Gasteiger partial charge >= 0.3 is 5.97 Å². The van der Waals surface area contributed by atoms with E-state index >= 15 is 0 Å². The van der Waals surface area contributed by atoms with Crippen LogP contribution in [0.15, 0.2) is 24.3 Å². The summed E-state index contributed by atoms with van der Waals surface area (Å²) >= 11 is 0. The molecule has 3 rings (SSSR count).